The first kappa shape index (κ1) is 11.4. The molecule has 1 heterocycles. The van der Waals surface area contributed by atoms with E-state index >= 15 is 0 Å². The van der Waals surface area contributed by atoms with E-state index in [9.17, 15) is 0 Å². The van der Waals surface area contributed by atoms with Crippen LogP contribution in [0.25, 0.3) is 0 Å². The van der Waals surface area contributed by atoms with Gasteiger partial charge in [0.1, 0.15) is 10.3 Å². The van der Waals surface area contributed by atoms with Crippen molar-refractivity contribution in [3.63, 3.8) is 0 Å². The Balaban J connectivity index is 2.90. The summed E-state index contributed by atoms with van der Waals surface area (Å²) in [6, 6.07) is 1.13. The summed E-state index contributed by atoms with van der Waals surface area (Å²) in [5, 5.41) is 0.202. The molecule has 0 saturated carbocycles. The molecule has 1 aromatic heterocycles. The topological polar surface area (TPSA) is 35.0 Å². The highest BCUT2D eigenvalue weighted by atomic mass is 35.6. The van der Waals surface area contributed by atoms with Crippen LogP contribution in [0.4, 0.5) is 0 Å². The lowest BCUT2D eigenvalue weighted by Gasteiger charge is -2.11. The number of alkyl halides is 3. The van der Waals surface area contributed by atoms with E-state index < -0.39 is 3.98 Å². The van der Waals surface area contributed by atoms with Crippen molar-refractivity contribution >= 4 is 58.0 Å². The van der Waals surface area contributed by atoms with Crippen molar-refractivity contribution in [2.45, 2.75) is 3.98 Å². The minimum Gasteiger partial charge on any atom is -0.412 e. The van der Waals surface area contributed by atoms with Crippen LogP contribution < -0.4 is 4.74 Å². The predicted octanol–water partition coefficient (Wildman–Crippen LogP) is 3.49. The molecular formula is C5HCl5N2O. The molecule has 0 atom stereocenters. The fourth-order valence-corrected chi connectivity index (χ4v) is 1.13. The summed E-state index contributed by atoms with van der Waals surface area (Å²) in [6.45, 7) is 0. The molecule has 3 nitrogen and oxygen atoms in total. The Labute approximate surface area is 98.9 Å². The van der Waals surface area contributed by atoms with Crippen LogP contribution in [0, 0.1) is 0 Å². The molecule has 0 aliphatic heterocycles. The van der Waals surface area contributed by atoms with Gasteiger partial charge in [-0.1, -0.05) is 23.2 Å². The Hall–Kier alpha value is 0.330. The molecule has 0 aliphatic carbocycles. The Morgan fingerprint density at radius 3 is 1.92 bits per heavy atom. The molecule has 0 spiro atoms. The monoisotopic (exact) mass is 280 g/mol. The SMILES string of the molecule is Clc1cc(Cl)nc(OC(Cl)(Cl)Cl)n1. The largest absolute Gasteiger partial charge is 0.412 e. The van der Waals surface area contributed by atoms with E-state index in [1.807, 2.05) is 0 Å². The third kappa shape index (κ3) is 4.38. The minimum absolute atomic E-state index is 0.101. The van der Waals surface area contributed by atoms with Crippen molar-refractivity contribution in [1.82, 2.24) is 9.97 Å². The van der Waals surface area contributed by atoms with E-state index in [2.05, 4.69) is 14.7 Å². The van der Waals surface area contributed by atoms with Crippen LogP contribution in [0.1, 0.15) is 0 Å². The number of hydrogen-bond acceptors (Lipinski definition) is 3. The molecule has 0 amide bonds. The first-order chi connectivity index (χ1) is 5.87. The fourth-order valence-electron chi connectivity index (χ4n) is 0.520. The molecular weight excluding hydrogens is 281 g/mol. The molecule has 0 aliphatic rings. The summed E-state index contributed by atoms with van der Waals surface area (Å²) in [5.74, 6) is 0. The predicted molar refractivity (Wildman–Crippen MR) is 53.0 cm³/mol. The van der Waals surface area contributed by atoms with Gasteiger partial charge in [-0.05, 0) is 34.8 Å². The molecule has 0 bridgehead atoms. The van der Waals surface area contributed by atoms with Crippen LogP contribution in [0.3, 0.4) is 0 Å². The molecule has 0 radical (unpaired) electrons. The summed E-state index contributed by atoms with van der Waals surface area (Å²) in [5.41, 5.74) is 0. The molecule has 72 valence electrons. The van der Waals surface area contributed by atoms with Gasteiger partial charge in [-0.2, -0.15) is 9.97 Å². The molecule has 0 aromatic carbocycles. The van der Waals surface area contributed by atoms with Gasteiger partial charge in [0.15, 0.2) is 0 Å². The lowest BCUT2D eigenvalue weighted by atomic mass is 10.7. The first-order valence-electron chi connectivity index (χ1n) is 2.82. The summed E-state index contributed by atoms with van der Waals surface area (Å²) >= 11 is 27.0. The zero-order valence-corrected chi connectivity index (χ0v) is 9.55. The van der Waals surface area contributed by atoms with Gasteiger partial charge >= 0.3 is 9.99 Å². The lowest BCUT2D eigenvalue weighted by Crippen LogP contribution is -2.14. The van der Waals surface area contributed by atoms with Gasteiger partial charge in [0.05, 0.1) is 0 Å². The van der Waals surface area contributed by atoms with Crippen LogP contribution in [0.5, 0.6) is 6.01 Å². The zero-order chi connectivity index (χ0) is 10.1. The number of aromatic nitrogens is 2. The fraction of sp³-hybridized carbons (Fsp3) is 0.200. The lowest BCUT2D eigenvalue weighted by molar-refractivity contribution is 0.293. The second kappa shape index (κ2) is 4.24. The van der Waals surface area contributed by atoms with Crippen LogP contribution in [-0.2, 0) is 0 Å². The maximum absolute atomic E-state index is 5.53. The molecule has 0 saturated heterocycles. The molecule has 0 unspecified atom stereocenters. The van der Waals surface area contributed by atoms with Gasteiger partial charge < -0.3 is 4.74 Å². The van der Waals surface area contributed by atoms with Gasteiger partial charge in [0.2, 0.25) is 0 Å². The number of nitrogens with zero attached hydrogens (tertiary/aromatic N) is 2. The first-order valence-corrected chi connectivity index (χ1v) is 4.71. The molecule has 1 rings (SSSR count). The highest BCUT2D eigenvalue weighted by Gasteiger charge is 2.23. The number of ether oxygens (including phenoxy) is 1. The maximum Gasteiger partial charge on any atom is 0.341 e. The summed E-state index contributed by atoms with van der Waals surface area (Å²) < 4.78 is 2.73. The molecule has 13 heavy (non-hydrogen) atoms. The van der Waals surface area contributed by atoms with Crippen molar-refractivity contribution in [2.24, 2.45) is 0 Å². The highest BCUT2D eigenvalue weighted by Crippen LogP contribution is 2.29. The van der Waals surface area contributed by atoms with Gasteiger partial charge in [0, 0.05) is 6.07 Å². The van der Waals surface area contributed by atoms with Crippen LogP contribution in [-0.4, -0.2) is 13.9 Å². The second-order valence-corrected chi connectivity index (χ2v) is 4.80. The summed E-state index contributed by atoms with van der Waals surface area (Å²) in [4.78, 5) is 7.23. The van der Waals surface area contributed by atoms with Crippen molar-refractivity contribution in [1.29, 1.82) is 0 Å². The van der Waals surface area contributed by atoms with E-state index in [4.69, 9.17) is 58.0 Å². The van der Waals surface area contributed by atoms with Gasteiger partial charge in [-0.25, -0.2) is 0 Å². The molecule has 8 heteroatoms. The van der Waals surface area contributed by atoms with Crippen LogP contribution >= 0.6 is 58.0 Å². The Kier molecular flexibility index (Phi) is 3.72. The van der Waals surface area contributed by atoms with E-state index in [1.54, 1.807) is 0 Å². The van der Waals surface area contributed by atoms with Crippen LogP contribution in [0.2, 0.25) is 10.3 Å². The Morgan fingerprint density at radius 2 is 1.54 bits per heavy atom. The standard InChI is InChI=1S/C5HCl5N2O/c6-2-1-3(7)12-4(11-2)13-5(8,9)10/h1H. The van der Waals surface area contributed by atoms with Crippen molar-refractivity contribution in [3.8, 4) is 6.01 Å². The summed E-state index contributed by atoms with van der Waals surface area (Å²) in [6.07, 6.45) is 0. The van der Waals surface area contributed by atoms with E-state index in [1.165, 1.54) is 6.07 Å². The smallest absolute Gasteiger partial charge is 0.341 e. The Morgan fingerprint density at radius 1 is 1.08 bits per heavy atom. The third-order valence-electron chi connectivity index (χ3n) is 0.850. The third-order valence-corrected chi connectivity index (χ3v) is 1.47. The molecule has 0 N–H and O–H groups in total. The van der Waals surface area contributed by atoms with Crippen molar-refractivity contribution in [2.75, 3.05) is 0 Å². The van der Waals surface area contributed by atoms with Gasteiger partial charge in [0.25, 0.3) is 0 Å². The maximum atomic E-state index is 5.53. The minimum atomic E-state index is -1.94. The van der Waals surface area contributed by atoms with Crippen molar-refractivity contribution in [3.05, 3.63) is 16.4 Å². The molecule has 0 fully saturated rings. The van der Waals surface area contributed by atoms with Gasteiger partial charge in [-0.3, -0.25) is 0 Å². The highest BCUT2D eigenvalue weighted by molar-refractivity contribution is 6.66. The van der Waals surface area contributed by atoms with E-state index in [0.29, 0.717) is 0 Å². The Bertz CT molecular complexity index is 292. The zero-order valence-electron chi connectivity index (χ0n) is 5.77. The van der Waals surface area contributed by atoms with E-state index in [-0.39, 0.29) is 16.3 Å². The normalized spacial score (nSPS) is 11.5. The number of halogens is 5. The van der Waals surface area contributed by atoms with Crippen molar-refractivity contribution < 1.29 is 4.74 Å². The van der Waals surface area contributed by atoms with Gasteiger partial charge in [-0.15, -0.1) is 0 Å². The number of hydrogen-bond donors (Lipinski definition) is 0. The quantitative estimate of drug-likeness (QED) is 0.584. The summed E-state index contributed by atoms with van der Waals surface area (Å²) in [7, 11) is 0. The van der Waals surface area contributed by atoms with E-state index in [0.717, 1.165) is 0 Å². The average Bonchev–Trinajstić information content (AvgIpc) is 1.78. The number of rotatable bonds is 1. The molecule has 1 aromatic rings. The average molecular weight is 282 g/mol. The second-order valence-electron chi connectivity index (χ2n) is 1.84. The van der Waals surface area contributed by atoms with Crippen LogP contribution in [0.15, 0.2) is 6.07 Å².